The predicted molar refractivity (Wildman–Crippen MR) is 118 cm³/mol. The number of methoxy groups -OCH3 is 2. The number of esters is 3. The molecule has 0 saturated heterocycles. The van der Waals surface area contributed by atoms with Gasteiger partial charge in [0.25, 0.3) is 0 Å². The largest absolute Gasteiger partial charge is 0.487 e. The van der Waals surface area contributed by atoms with Crippen LogP contribution in [-0.4, -0.2) is 37.1 Å². The SMILES string of the molecule is COC(=O)c1sc(N)c(C(=O)OC)c1COC(=O)c1cccc(OCc2csc(C)n2)c1. The Kier molecular flexibility index (Phi) is 7.44. The lowest BCUT2D eigenvalue weighted by Gasteiger charge is -2.09. The highest BCUT2D eigenvalue weighted by atomic mass is 32.1. The van der Waals surface area contributed by atoms with Crippen LogP contribution < -0.4 is 10.5 Å². The van der Waals surface area contributed by atoms with E-state index in [4.69, 9.17) is 24.7 Å². The second kappa shape index (κ2) is 10.2. The predicted octanol–water partition coefficient (Wildman–Crippen LogP) is 3.60. The Hall–Kier alpha value is -3.44. The van der Waals surface area contributed by atoms with Gasteiger partial charge in [0.15, 0.2) is 0 Å². The van der Waals surface area contributed by atoms with Crippen molar-refractivity contribution in [2.45, 2.75) is 20.1 Å². The molecule has 0 unspecified atom stereocenters. The van der Waals surface area contributed by atoms with Gasteiger partial charge in [0.05, 0.1) is 30.5 Å². The molecule has 0 aliphatic heterocycles. The summed E-state index contributed by atoms with van der Waals surface area (Å²) in [6, 6.07) is 6.46. The number of aromatic nitrogens is 1. The lowest BCUT2D eigenvalue weighted by molar-refractivity contribution is 0.0452. The number of thiophene rings is 1. The third-order valence-corrected chi connectivity index (χ3v) is 6.13. The number of nitrogens with zero attached hydrogens (tertiary/aromatic N) is 1. The molecular weight excluding hydrogens is 456 g/mol. The molecule has 3 rings (SSSR count). The number of benzene rings is 1. The molecule has 2 aromatic heterocycles. The van der Waals surface area contributed by atoms with Crippen molar-refractivity contribution in [2.75, 3.05) is 20.0 Å². The molecule has 32 heavy (non-hydrogen) atoms. The van der Waals surface area contributed by atoms with Gasteiger partial charge in [-0.05, 0) is 25.1 Å². The van der Waals surface area contributed by atoms with Crippen LogP contribution in [0.5, 0.6) is 5.75 Å². The summed E-state index contributed by atoms with van der Waals surface area (Å²) in [6.45, 7) is 1.80. The molecule has 0 aliphatic rings. The quantitative estimate of drug-likeness (QED) is 0.383. The standard InChI is InChI=1S/C21H20N2O7S2/c1-11-23-13(10-31-11)8-29-14-6-4-5-12(7-14)19(24)30-9-15-16(20(25)27-2)18(22)32-17(15)21(26)28-3/h4-7,10H,8-9,22H2,1-3H3. The van der Waals surface area contributed by atoms with E-state index in [1.165, 1.54) is 31.6 Å². The molecule has 0 aliphatic carbocycles. The average Bonchev–Trinajstić information content (AvgIpc) is 3.37. The Morgan fingerprint density at radius 3 is 2.47 bits per heavy atom. The van der Waals surface area contributed by atoms with Crippen LogP contribution in [0.25, 0.3) is 0 Å². The highest BCUT2D eigenvalue weighted by molar-refractivity contribution is 7.18. The molecule has 9 nitrogen and oxygen atoms in total. The van der Waals surface area contributed by atoms with E-state index in [0.29, 0.717) is 5.75 Å². The van der Waals surface area contributed by atoms with Crippen LogP contribution in [0.3, 0.4) is 0 Å². The third kappa shape index (κ3) is 5.24. The van der Waals surface area contributed by atoms with E-state index >= 15 is 0 Å². The Balaban J connectivity index is 1.74. The molecule has 11 heteroatoms. The summed E-state index contributed by atoms with van der Waals surface area (Å²) in [7, 11) is 2.38. The van der Waals surface area contributed by atoms with Gasteiger partial charge in [0.1, 0.15) is 34.4 Å². The second-order valence-corrected chi connectivity index (χ2v) is 8.50. The molecule has 2 N–H and O–H groups in total. The van der Waals surface area contributed by atoms with Gasteiger partial charge >= 0.3 is 17.9 Å². The Labute approximate surface area is 191 Å². The van der Waals surface area contributed by atoms with Gasteiger partial charge in [-0.1, -0.05) is 6.07 Å². The van der Waals surface area contributed by atoms with Crippen molar-refractivity contribution >= 4 is 45.6 Å². The van der Waals surface area contributed by atoms with E-state index < -0.39 is 17.9 Å². The zero-order valence-electron chi connectivity index (χ0n) is 17.5. The highest BCUT2D eigenvalue weighted by Crippen LogP contribution is 2.33. The second-order valence-electron chi connectivity index (χ2n) is 6.38. The minimum absolute atomic E-state index is 0.0265. The smallest absolute Gasteiger partial charge is 0.348 e. The number of nitrogens with two attached hydrogens (primary N) is 1. The first-order chi connectivity index (χ1) is 15.3. The number of carbonyl (C=O) groups is 3. The van der Waals surface area contributed by atoms with Crippen molar-refractivity contribution in [1.82, 2.24) is 4.98 Å². The lowest BCUT2D eigenvalue weighted by atomic mass is 10.1. The first-order valence-corrected chi connectivity index (χ1v) is 10.9. The summed E-state index contributed by atoms with van der Waals surface area (Å²) in [4.78, 5) is 41.2. The summed E-state index contributed by atoms with van der Waals surface area (Å²) < 4.78 is 20.5. The topological polar surface area (TPSA) is 127 Å². The molecule has 0 fully saturated rings. The maximum Gasteiger partial charge on any atom is 0.348 e. The highest BCUT2D eigenvalue weighted by Gasteiger charge is 2.28. The number of nitrogen functional groups attached to an aromatic ring is 1. The van der Waals surface area contributed by atoms with Crippen LogP contribution in [0.2, 0.25) is 0 Å². The maximum absolute atomic E-state index is 12.6. The first-order valence-electron chi connectivity index (χ1n) is 9.22. The molecule has 0 amide bonds. The summed E-state index contributed by atoms with van der Waals surface area (Å²) in [5.74, 6) is -1.64. The number of hydrogen-bond donors (Lipinski definition) is 1. The monoisotopic (exact) mass is 476 g/mol. The van der Waals surface area contributed by atoms with Gasteiger partial charge in [0, 0.05) is 10.9 Å². The molecule has 0 atom stereocenters. The normalized spacial score (nSPS) is 10.5. The van der Waals surface area contributed by atoms with Crippen molar-refractivity contribution in [3.63, 3.8) is 0 Å². The van der Waals surface area contributed by atoms with Gasteiger partial charge in [-0.25, -0.2) is 19.4 Å². The van der Waals surface area contributed by atoms with Gasteiger partial charge in [-0.3, -0.25) is 0 Å². The van der Waals surface area contributed by atoms with Crippen LogP contribution in [-0.2, 0) is 27.4 Å². The summed E-state index contributed by atoms with van der Waals surface area (Å²) >= 11 is 2.38. The number of hydrogen-bond acceptors (Lipinski definition) is 11. The van der Waals surface area contributed by atoms with Crippen molar-refractivity contribution < 1.29 is 33.3 Å². The molecule has 2 heterocycles. The van der Waals surface area contributed by atoms with Gasteiger partial charge in [0.2, 0.25) is 0 Å². The van der Waals surface area contributed by atoms with E-state index in [1.54, 1.807) is 18.2 Å². The van der Waals surface area contributed by atoms with E-state index in [-0.39, 0.29) is 39.8 Å². The zero-order chi connectivity index (χ0) is 23.3. The Bertz CT molecular complexity index is 1150. The van der Waals surface area contributed by atoms with Crippen LogP contribution >= 0.6 is 22.7 Å². The third-order valence-electron chi connectivity index (χ3n) is 4.27. The van der Waals surface area contributed by atoms with Crippen LogP contribution in [0.15, 0.2) is 29.6 Å². The van der Waals surface area contributed by atoms with Crippen molar-refractivity contribution in [2.24, 2.45) is 0 Å². The first kappa shape index (κ1) is 23.2. The molecule has 0 bridgehead atoms. The molecule has 168 valence electrons. The van der Waals surface area contributed by atoms with E-state index in [2.05, 4.69) is 4.98 Å². The van der Waals surface area contributed by atoms with E-state index in [1.807, 2.05) is 12.3 Å². The van der Waals surface area contributed by atoms with Crippen molar-refractivity contribution in [3.05, 3.63) is 61.9 Å². The zero-order valence-corrected chi connectivity index (χ0v) is 19.1. The fourth-order valence-corrected chi connectivity index (χ4v) is 4.35. The number of aryl methyl sites for hydroxylation is 1. The van der Waals surface area contributed by atoms with Gasteiger partial charge in [-0.15, -0.1) is 22.7 Å². The van der Waals surface area contributed by atoms with Gasteiger partial charge < -0.3 is 24.7 Å². The number of ether oxygens (including phenoxy) is 4. The van der Waals surface area contributed by atoms with Crippen LogP contribution in [0, 0.1) is 6.92 Å². The molecule has 0 spiro atoms. The molecule has 0 saturated carbocycles. The number of anilines is 1. The minimum atomic E-state index is -0.743. The number of thiazole rings is 1. The maximum atomic E-state index is 12.6. The number of carbonyl (C=O) groups excluding carboxylic acids is 3. The molecule has 0 radical (unpaired) electrons. The fraction of sp³-hybridized carbons (Fsp3) is 0.238. The molecule has 3 aromatic rings. The molecule has 1 aromatic carbocycles. The Morgan fingerprint density at radius 2 is 1.81 bits per heavy atom. The van der Waals surface area contributed by atoms with Crippen molar-refractivity contribution in [3.8, 4) is 5.75 Å². The summed E-state index contributed by atoms with van der Waals surface area (Å²) in [6.07, 6.45) is 0. The van der Waals surface area contributed by atoms with E-state index in [0.717, 1.165) is 22.0 Å². The fourth-order valence-electron chi connectivity index (χ4n) is 2.77. The average molecular weight is 477 g/mol. The Morgan fingerprint density at radius 1 is 1.06 bits per heavy atom. The van der Waals surface area contributed by atoms with Crippen LogP contribution in [0.4, 0.5) is 5.00 Å². The lowest BCUT2D eigenvalue weighted by Crippen LogP contribution is -2.12. The van der Waals surface area contributed by atoms with Gasteiger partial charge in [-0.2, -0.15) is 0 Å². The van der Waals surface area contributed by atoms with Crippen LogP contribution in [0.1, 0.15) is 46.7 Å². The summed E-state index contributed by atoms with van der Waals surface area (Å²) in [5.41, 5.74) is 7.01. The van der Waals surface area contributed by atoms with Crippen molar-refractivity contribution in [1.29, 1.82) is 0 Å². The summed E-state index contributed by atoms with van der Waals surface area (Å²) in [5, 5.41) is 2.90. The minimum Gasteiger partial charge on any atom is -0.487 e. The molecular formula is C21H20N2O7S2. The van der Waals surface area contributed by atoms with E-state index in [9.17, 15) is 14.4 Å². The number of rotatable bonds is 8.